The molecule has 0 aromatic carbocycles. The molecular weight excluding hydrogens is 570 g/mol. The predicted molar refractivity (Wildman–Crippen MR) is 176 cm³/mol. The number of carbonyl (C=O) groups is 2. The van der Waals surface area contributed by atoms with Crippen LogP contribution in [0.4, 0.5) is 0 Å². The van der Waals surface area contributed by atoms with Crippen molar-refractivity contribution >= 4 is 47.3 Å². The molecule has 4 aliphatic rings. The van der Waals surface area contributed by atoms with Gasteiger partial charge in [0.1, 0.15) is 0 Å². The van der Waals surface area contributed by atoms with Crippen molar-refractivity contribution in [3.63, 3.8) is 0 Å². The predicted octanol–water partition coefficient (Wildman–Crippen LogP) is 4.35. The van der Waals surface area contributed by atoms with E-state index in [0.29, 0.717) is 41.4 Å². The van der Waals surface area contributed by atoms with Crippen molar-refractivity contribution in [3.05, 3.63) is 97.3 Å². The lowest BCUT2D eigenvalue weighted by molar-refractivity contribution is -0.141. The number of ether oxygens (including phenoxy) is 2. The van der Waals surface area contributed by atoms with Crippen LogP contribution in [0, 0.1) is 6.92 Å². The van der Waals surface area contributed by atoms with Crippen LogP contribution in [0.2, 0.25) is 0 Å². The molecule has 0 aliphatic carbocycles. The number of hydroxylamine groups is 1. The van der Waals surface area contributed by atoms with Crippen LogP contribution in [0.5, 0.6) is 0 Å². The number of rotatable bonds is 8. The maximum Gasteiger partial charge on any atom is 0.305 e. The molecule has 8 bridgehead atoms. The van der Waals surface area contributed by atoms with E-state index < -0.39 is 0 Å². The second-order valence-electron chi connectivity index (χ2n) is 11.1. The minimum absolute atomic E-state index is 0.192. The van der Waals surface area contributed by atoms with E-state index in [9.17, 15) is 14.8 Å². The molecule has 0 radical (unpaired) electrons. The van der Waals surface area contributed by atoms with E-state index in [1.165, 1.54) is 20.4 Å². The zero-order chi connectivity index (χ0) is 32.4. The van der Waals surface area contributed by atoms with Gasteiger partial charge in [-0.2, -0.15) is 0 Å². The van der Waals surface area contributed by atoms with Gasteiger partial charge >= 0.3 is 11.9 Å². The number of aromatic nitrogens is 1. The normalized spacial score (nSPS) is 18.2. The molecule has 232 valence electrons. The van der Waals surface area contributed by atoms with E-state index in [1.807, 2.05) is 58.1 Å². The summed E-state index contributed by atoms with van der Waals surface area (Å²) in [5.74, 6) is -0.616. The fourth-order valence-corrected chi connectivity index (χ4v) is 5.87. The van der Waals surface area contributed by atoms with E-state index >= 15 is 0 Å². The fraction of sp³-hybridized carbons (Fsp3) is 0.286. The molecule has 1 aromatic heterocycles. The highest BCUT2D eigenvalue weighted by molar-refractivity contribution is 6.25. The smallest absolute Gasteiger partial charge is 0.305 e. The van der Waals surface area contributed by atoms with Crippen LogP contribution in [0.25, 0.3) is 18.2 Å². The number of H-pyrrole nitrogens is 1. The zero-order valence-electron chi connectivity index (χ0n) is 26.4. The minimum Gasteiger partial charge on any atom is -0.469 e. The van der Waals surface area contributed by atoms with Gasteiger partial charge in [-0.25, -0.2) is 15.0 Å². The molecule has 0 saturated carbocycles. The summed E-state index contributed by atoms with van der Waals surface area (Å²) >= 11 is 0. The summed E-state index contributed by atoms with van der Waals surface area (Å²) < 4.78 is 9.85. The Labute approximate surface area is 261 Å². The average Bonchev–Trinajstić information content (AvgIpc) is 3.68. The van der Waals surface area contributed by atoms with Crippen molar-refractivity contribution in [2.75, 3.05) is 14.2 Å². The van der Waals surface area contributed by atoms with Crippen LogP contribution >= 0.6 is 0 Å². The van der Waals surface area contributed by atoms with Gasteiger partial charge in [0.15, 0.2) is 0 Å². The molecule has 0 fully saturated rings. The zero-order valence-corrected chi connectivity index (χ0v) is 26.4. The standard InChI is InChI=1S/C35H37N5O5/c1-8-22-18(2)28-15-33-25(17-36-43)21(5)27(40-33)13-26-19(3)23(9-11-34(41)44-6)31(38-26)16-32-24(10-12-35(42)45-7)20(4)29(39-32)14-30(22)37-28/h8,13-17,36-37,43H,1,9-12H2,2-7H3. The SMILES string of the molecule is C=Cc1c(C)c2[nH]c1=CC1=NC(=CC3=NC(=CC4=C(C)C(=CNO)C(=N4)C=2)C(C)=C3CCC(=O)OC)C(CCC(=O)OC)=C1C. The van der Waals surface area contributed by atoms with Crippen LogP contribution < -0.4 is 16.2 Å². The van der Waals surface area contributed by atoms with Crippen molar-refractivity contribution in [1.29, 1.82) is 0 Å². The second kappa shape index (κ2) is 12.9. The third kappa shape index (κ3) is 6.01. The monoisotopic (exact) mass is 607 g/mol. The maximum absolute atomic E-state index is 12.2. The van der Waals surface area contributed by atoms with Gasteiger partial charge in [0.2, 0.25) is 0 Å². The highest BCUT2D eigenvalue weighted by Crippen LogP contribution is 2.36. The second-order valence-corrected chi connectivity index (χ2v) is 11.1. The van der Waals surface area contributed by atoms with Gasteiger partial charge in [0.25, 0.3) is 0 Å². The van der Waals surface area contributed by atoms with Gasteiger partial charge in [-0.05, 0) is 98.3 Å². The first-order chi connectivity index (χ1) is 21.6. The Morgan fingerprint density at radius 1 is 0.822 bits per heavy atom. The Morgan fingerprint density at radius 2 is 1.47 bits per heavy atom. The first kappa shape index (κ1) is 31.3. The molecule has 10 nitrogen and oxygen atoms in total. The lowest BCUT2D eigenvalue weighted by Crippen LogP contribution is -2.15. The quantitative estimate of drug-likeness (QED) is 0.297. The van der Waals surface area contributed by atoms with Gasteiger partial charge in [-0.1, -0.05) is 12.7 Å². The molecule has 0 unspecified atom stereocenters. The number of hydrogen-bond donors (Lipinski definition) is 3. The summed E-state index contributed by atoms with van der Waals surface area (Å²) in [4.78, 5) is 42.8. The Kier molecular flexibility index (Phi) is 8.96. The summed E-state index contributed by atoms with van der Waals surface area (Å²) in [5, 5.41) is 11.3. The van der Waals surface area contributed by atoms with Crippen molar-refractivity contribution in [1.82, 2.24) is 10.5 Å². The largest absolute Gasteiger partial charge is 0.469 e. The van der Waals surface area contributed by atoms with E-state index in [0.717, 1.165) is 61.0 Å². The molecule has 1 aromatic rings. The van der Waals surface area contributed by atoms with Gasteiger partial charge in [-0.15, -0.1) is 0 Å². The number of nitrogens with one attached hydrogen (secondary N) is 2. The van der Waals surface area contributed by atoms with E-state index in [4.69, 9.17) is 24.5 Å². The Balaban J connectivity index is 1.80. The molecular formula is C35H37N5O5. The Morgan fingerprint density at radius 3 is 2.11 bits per heavy atom. The summed E-state index contributed by atoms with van der Waals surface area (Å²) in [6.07, 6.45) is 12.4. The third-order valence-corrected chi connectivity index (χ3v) is 8.58. The molecule has 4 aliphatic heterocycles. The number of fused-ring (bicyclic) bond motifs is 5. The van der Waals surface area contributed by atoms with Crippen molar-refractivity contribution in [2.24, 2.45) is 15.0 Å². The number of nitrogens with zero attached hydrogens (tertiary/aromatic N) is 3. The number of carbonyl (C=O) groups excluding carboxylic acids is 2. The fourth-order valence-electron chi connectivity index (χ4n) is 5.87. The summed E-state index contributed by atoms with van der Waals surface area (Å²) in [7, 11) is 2.76. The lowest BCUT2D eigenvalue weighted by Gasteiger charge is -2.08. The van der Waals surface area contributed by atoms with Gasteiger partial charge in [-0.3, -0.25) is 20.3 Å². The van der Waals surface area contributed by atoms with Crippen LogP contribution in [-0.2, 0) is 19.1 Å². The van der Waals surface area contributed by atoms with E-state index in [-0.39, 0.29) is 24.8 Å². The van der Waals surface area contributed by atoms with E-state index in [2.05, 4.69) is 17.0 Å². The summed E-state index contributed by atoms with van der Waals surface area (Å²) in [6, 6.07) is 0. The number of aliphatic imine (C=N–C) groups is 3. The topological polar surface area (TPSA) is 138 Å². The summed E-state index contributed by atoms with van der Waals surface area (Å²) in [6.45, 7) is 12.0. The Bertz CT molecular complexity index is 1940. The number of aromatic amines is 1. The molecule has 5 heterocycles. The van der Waals surface area contributed by atoms with Crippen LogP contribution in [0.15, 0.2) is 90.4 Å². The number of esters is 2. The number of allylic oxidation sites excluding steroid dienone is 8. The van der Waals surface area contributed by atoms with Crippen LogP contribution in [0.1, 0.15) is 57.6 Å². The van der Waals surface area contributed by atoms with Crippen molar-refractivity contribution < 1.29 is 24.3 Å². The van der Waals surface area contributed by atoms with Crippen molar-refractivity contribution in [3.8, 4) is 0 Å². The highest BCUT2D eigenvalue weighted by Gasteiger charge is 2.27. The Hall–Kier alpha value is -5.09. The lowest BCUT2D eigenvalue weighted by atomic mass is 9.96. The molecule has 0 amide bonds. The van der Waals surface area contributed by atoms with Gasteiger partial charge in [0, 0.05) is 40.9 Å². The molecule has 0 saturated heterocycles. The average molecular weight is 608 g/mol. The van der Waals surface area contributed by atoms with Gasteiger partial charge < -0.3 is 14.5 Å². The molecule has 0 atom stereocenters. The van der Waals surface area contributed by atoms with Crippen molar-refractivity contribution in [2.45, 2.75) is 53.4 Å². The molecule has 0 spiro atoms. The molecule has 3 N–H and O–H groups in total. The van der Waals surface area contributed by atoms with E-state index in [1.54, 1.807) is 0 Å². The maximum atomic E-state index is 12.2. The molecule has 10 heteroatoms. The highest BCUT2D eigenvalue weighted by atomic mass is 16.5. The summed E-state index contributed by atoms with van der Waals surface area (Å²) in [5.41, 5.74) is 13.6. The molecule has 45 heavy (non-hydrogen) atoms. The molecule has 5 rings (SSSR count). The van der Waals surface area contributed by atoms with Gasteiger partial charge in [0.05, 0.1) is 48.4 Å². The minimum atomic E-state index is -0.313. The first-order valence-electron chi connectivity index (χ1n) is 14.7. The third-order valence-electron chi connectivity index (χ3n) is 8.58. The number of hydrogen-bond acceptors (Lipinski definition) is 9. The first-order valence-corrected chi connectivity index (χ1v) is 14.7. The van der Waals surface area contributed by atoms with Crippen LogP contribution in [0.3, 0.4) is 0 Å². The van der Waals surface area contributed by atoms with Crippen LogP contribution in [-0.4, -0.2) is 53.5 Å². The number of methoxy groups -OCH3 is 2.